The van der Waals surface area contributed by atoms with Crippen LogP contribution in [-0.4, -0.2) is 8.07 Å². The van der Waals surface area contributed by atoms with Crippen LogP contribution < -0.4 is 10.4 Å². The van der Waals surface area contributed by atoms with E-state index in [1.807, 2.05) is 0 Å². The molecule has 28 heavy (non-hydrogen) atoms. The minimum absolute atomic E-state index is 0.0325. The molecule has 0 N–H and O–H groups in total. The van der Waals surface area contributed by atoms with E-state index in [1.165, 1.54) is 44.2 Å². The molecule has 1 aliphatic carbocycles. The molecular formula is C27H24Si. The highest BCUT2D eigenvalue weighted by Crippen LogP contribution is 2.51. The maximum Gasteiger partial charge on any atom is 0.113 e. The molecule has 4 aromatic rings. The van der Waals surface area contributed by atoms with E-state index in [4.69, 9.17) is 0 Å². The van der Waals surface area contributed by atoms with Gasteiger partial charge in [0.15, 0.2) is 0 Å². The lowest BCUT2D eigenvalue weighted by Crippen LogP contribution is -2.49. The Hall–Kier alpha value is -2.64. The van der Waals surface area contributed by atoms with E-state index in [2.05, 4.69) is 99.7 Å². The van der Waals surface area contributed by atoms with Crippen molar-refractivity contribution in [3.05, 3.63) is 83.9 Å². The van der Waals surface area contributed by atoms with Crippen LogP contribution in [0.1, 0.15) is 25.0 Å². The molecule has 0 aromatic heterocycles. The first kappa shape index (κ1) is 16.3. The van der Waals surface area contributed by atoms with E-state index in [9.17, 15) is 0 Å². The third-order valence-corrected chi connectivity index (χ3v) is 10.8. The van der Waals surface area contributed by atoms with Crippen molar-refractivity contribution < 1.29 is 0 Å². The lowest BCUT2D eigenvalue weighted by Gasteiger charge is -2.24. The van der Waals surface area contributed by atoms with Crippen LogP contribution in [0, 0.1) is 0 Å². The Kier molecular flexibility index (Phi) is 2.94. The highest BCUT2D eigenvalue weighted by Gasteiger charge is 2.40. The van der Waals surface area contributed by atoms with Gasteiger partial charge in [0.2, 0.25) is 0 Å². The Morgan fingerprint density at radius 2 is 1.36 bits per heavy atom. The molecule has 0 bridgehead atoms. The van der Waals surface area contributed by atoms with Crippen molar-refractivity contribution >= 4 is 29.2 Å². The Morgan fingerprint density at radius 1 is 0.643 bits per heavy atom. The summed E-state index contributed by atoms with van der Waals surface area (Å²) >= 11 is 0. The molecule has 1 aliphatic heterocycles. The van der Waals surface area contributed by atoms with Crippen LogP contribution in [0.15, 0.2) is 72.8 Å². The van der Waals surface area contributed by atoms with Gasteiger partial charge >= 0.3 is 0 Å². The van der Waals surface area contributed by atoms with Crippen molar-refractivity contribution in [2.45, 2.75) is 32.4 Å². The fourth-order valence-corrected chi connectivity index (χ4v) is 8.91. The third-order valence-electron chi connectivity index (χ3n) is 7.24. The van der Waals surface area contributed by atoms with Crippen LogP contribution in [0.5, 0.6) is 0 Å². The summed E-state index contributed by atoms with van der Waals surface area (Å²) in [6, 6.07) is 27.7. The van der Waals surface area contributed by atoms with Gasteiger partial charge in [-0.25, -0.2) is 0 Å². The monoisotopic (exact) mass is 376 g/mol. The van der Waals surface area contributed by atoms with E-state index >= 15 is 0 Å². The zero-order chi connectivity index (χ0) is 19.3. The first-order valence-corrected chi connectivity index (χ1v) is 13.2. The standard InChI is InChI=1S/C27H24Si/c1-27(2)23-11-7-5-9-18(23)20-14-13-17-15-25-22(16-21(17)26(20)27)19-10-6-8-12-24(19)28(25,3)4/h5-16H,1-4H3. The van der Waals surface area contributed by atoms with Crippen LogP contribution in [0.4, 0.5) is 0 Å². The van der Waals surface area contributed by atoms with E-state index < -0.39 is 8.07 Å². The number of rotatable bonds is 0. The van der Waals surface area contributed by atoms with Crippen LogP contribution >= 0.6 is 0 Å². The molecule has 136 valence electrons. The summed E-state index contributed by atoms with van der Waals surface area (Å²) in [6.45, 7) is 9.77. The molecule has 0 unspecified atom stereocenters. The van der Waals surface area contributed by atoms with Gasteiger partial charge in [-0.3, -0.25) is 0 Å². The highest BCUT2D eigenvalue weighted by molar-refractivity contribution is 7.03. The second-order valence-corrected chi connectivity index (χ2v) is 13.8. The number of benzene rings is 4. The van der Waals surface area contributed by atoms with E-state index in [-0.39, 0.29) is 5.41 Å². The summed E-state index contributed by atoms with van der Waals surface area (Å²) in [6.07, 6.45) is 0. The zero-order valence-corrected chi connectivity index (χ0v) is 17.9. The normalized spacial score (nSPS) is 17.1. The molecule has 1 heteroatoms. The Bertz CT molecular complexity index is 1310. The zero-order valence-electron chi connectivity index (χ0n) is 16.9. The molecule has 0 amide bonds. The second kappa shape index (κ2) is 5.04. The van der Waals surface area contributed by atoms with Crippen molar-refractivity contribution in [3.63, 3.8) is 0 Å². The van der Waals surface area contributed by atoms with Gasteiger partial charge in [0.05, 0.1) is 0 Å². The van der Waals surface area contributed by atoms with Crippen LogP contribution in [-0.2, 0) is 5.41 Å². The minimum atomic E-state index is -1.62. The summed E-state index contributed by atoms with van der Waals surface area (Å²) in [5.41, 5.74) is 8.73. The number of hydrogen-bond donors (Lipinski definition) is 0. The van der Waals surface area contributed by atoms with E-state index in [0.717, 1.165) is 0 Å². The topological polar surface area (TPSA) is 0 Å². The van der Waals surface area contributed by atoms with Gasteiger partial charge in [-0.05, 0) is 60.6 Å². The van der Waals surface area contributed by atoms with Crippen molar-refractivity contribution in [1.82, 2.24) is 0 Å². The largest absolute Gasteiger partial charge is 0.113 e. The molecule has 0 radical (unpaired) electrons. The molecule has 0 spiro atoms. The van der Waals surface area contributed by atoms with Crippen LogP contribution in [0.3, 0.4) is 0 Å². The van der Waals surface area contributed by atoms with Crippen molar-refractivity contribution in [2.24, 2.45) is 0 Å². The van der Waals surface area contributed by atoms with Crippen LogP contribution in [0.2, 0.25) is 13.1 Å². The van der Waals surface area contributed by atoms with Gasteiger partial charge in [0, 0.05) is 5.41 Å². The summed E-state index contributed by atoms with van der Waals surface area (Å²) in [5, 5.41) is 6.00. The molecule has 6 rings (SSSR count). The first-order chi connectivity index (χ1) is 13.4. The fourth-order valence-electron chi connectivity index (χ4n) is 5.82. The summed E-state index contributed by atoms with van der Waals surface area (Å²) in [7, 11) is -1.62. The highest BCUT2D eigenvalue weighted by atomic mass is 28.3. The van der Waals surface area contributed by atoms with E-state index in [0.29, 0.717) is 0 Å². The predicted octanol–water partition coefficient (Wildman–Crippen LogP) is 5.95. The molecule has 0 saturated carbocycles. The fraction of sp³-hybridized carbons (Fsp3) is 0.185. The maximum absolute atomic E-state index is 2.51. The summed E-state index contributed by atoms with van der Waals surface area (Å²) in [4.78, 5) is 0. The quantitative estimate of drug-likeness (QED) is 0.333. The predicted molar refractivity (Wildman–Crippen MR) is 124 cm³/mol. The lowest BCUT2D eigenvalue weighted by atomic mass is 9.80. The van der Waals surface area contributed by atoms with Crippen molar-refractivity contribution in [1.29, 1.82) is 0 Å². The molecule has 0 nitrogen and oxygen atoms in total. The Balaban J connectivity index is 1.74. The smallest absolute Gasteiger partial charge is 0.0623 e. The van der Waals surface area contributed by atoms with E-state index in [1.54, 1.807) is 10.4 Å². The number of fused-ring (bicyclic) bond motifs is 8. The maximum atomic E-state index is 2.51. The van der Waals surface area contributed by atoms with Gasteiger partial charge in [-0.2, -0.15) is 0 Å². The SMILES string of the molecule is CC1(C)c2ccccc2-c2ccc3cc4c(cc3c21)-c1ccccc1[Si]4(C)C. The molecular weight excluding hydrogens is 352 g/mol. The Morgan fingerprint density at radius 3 is 2.18 bits per heavy atom. The first-order valence-electron chi connectivity index (χ1n) is 10.2. The average molecular weight is 377 g/mol. The third kappa shape index (κ3) is 1.81. The molecule has 0 atom stereocenters. The van der Waals surface area contributed by atoms with Gasteiger partial charge in [0.25, 0.3) is 0 Å². The Labute approximate surface area is 167 Å². The molecule has 4 aromatic carbocycles. The number of hydrogen-bond acceptors (Lipinski definition) is 0. The molecule has 1 heterocycles. The second-order valence-electron chi connectivity index (χ2n) is 9.45. The molecule has 0 fully saturated rings. The molecule has 2 aliphatic rings. The van der Waals surface area contributed by atoms with Crippen LogP contribution in [0.25, 0.3) is 33.0 Å². The van der Waals surface area contributed by atoms with Gasteiger partial charge < -0.3 is 0 Å². The average Bonchev–Trinajstić information content (AvgIpc) is 3.07. The summed E-state index contributed by atoms with van der Waals surface area (Å²) < 4.78 is 0. The van der Waals surface area contributed by atoms with Gasteiger partial charge in [-0.1, -0.05) is 93.7 Å². The summed E-state index contributed by atoms with van der Waals surface area (Å²) in [5.74, 6) is 0. The van der Waals surface area contributed by atoms with Gasteiger partial charge in [0.1, 0.15) is 8.07 Å². The lowest BCUT2D eigenvalue weighted by molar-refractivity contribution is 0.666. The van der Waals surface area contributed by atoms with Crippen molar-refractivity contribution in [2.75, 3.05) is 0 Å². The molecule has 0 saturated heterocycles. The van der Waals surface area contributed by atoms with Crippen molar-refractivity contribution in [3.8, 4) is 22.3 Å². The minimum Gasteiger partial charge on any atom is -0.0623 e. The van der Waals surface area contributed by atoms with Gasteiger partial charge in [-0.15, -0.1) is 0 Å².